The summed E-state index contributed by atoms with van der Waals surface area (Å²) in [5.74, 6) is -0.335. The van der Waals surface area contributed by atoms with E-state index in [0.29, 0.717) is 6.61 Å². The number of aromatic nitrogens is 1. The van der Waals surface area contributed by atoms with E-state index in [0.717, 1.165) is 0 Å². The van der Waals surface area contributed by atoms with E-state index in [9.17, 15) is 10.1 Å². The van der Waals surface area contributed by atoms with Crippen LogP contribution in [0.1, 0.15) is 26.5 Å². The number of nitro groups is 1. The summed E-state index contributed by atoms with van der Waals surface area (Å²) in [6.07, 6.45) is 0. The molecule has 0 saturated carbocycles. The van der Waals surface area contributed by atoms with Crippen LogP contribution in [0.15, 0.2) is 17.3 Å². The summed E-state index contributed by atoms with van der Waals surface area (Å²) >= 11 is 0. The van der Waals surface area contributed by atoms with Gasteiger partial charge in [-0.3, -0.25) is 10.1 Å². The van der Waals surface area contributed by atoms with E-state index >= 15 is 0 Å². The first-order chi connectivity index (χ1) is 9.74. The molecule has 1 rings (SSSR count). The fraction of sp³-hybridized carbons (Fsp3) is 0.500. The lowest BCUT2D eigenvalue weighted by Crippen LogP contribution is -2.23. The molecule has 1 aromatic rings. The van der Waals surface area contributed by atoms with Crippen molar-refractivity contribution >= 4 is 11.5 Å². The molecule has 1 heterocycles. The molecule has 9 heteroatoms. The van der Waals surface area contributed by atoms with Gasteiger partial charge >= 0.3 is 0 Å². The number of nitrogens with two attached hydrogens (primary N) is 1. The highest BCUT2D eigenvalue weighted by Crippen LogP contribution is 2.20. The Morgan fingerprint density at radius 2 is 2.14 bits per heavy atom. The lowest BCUT2D eigenvalue weighted by molar-refractivity contribution is -0.385. The summed E-state index contributed by atoms with van der Waals surface area (Å²) in [5.41, 5.74) is 4.46. The van der Waals surface area contributed by atoms with E-state index in [1.165, 1.54) is 12.1 Å². The predicted molar refractivity (Wildman–Crippen MR) is 74.6 cm³/mol. The van der Waals surface area contributed by atoms with Gasteiger partial charge in [-0.25, -0.2) is 4.98 Å². The summed E-state index contributed by atoms with van der Waals surface area (Å²) in [7, 11) is 0. The topological polar surface area (TPSA) is 133 Å². The molecule has 0 fully saturated rings. The van der Waals surface area contributed by atoms with E-state index < -0.39 is 10.8 Å². The smallest absolute Gasteiger partial charge is 0.299 e. The Labute approximate surface area is 121 Å². The fourth-order valence-electron chi connectivity index (χ4n) is 1.39. The van der Waals surface area contributed by atoms with Crippen molar-refractivity contribution in [2.45, 2.75) is 26.4 Å². The molecule has 1 aromatic heterocycles. The third-order valence-electron chi connectivity index (χ3n) is 2.26. The Bertz CT molecular complexity index is 539. The summed E-state index contributed by atoms with van der Waals surface area (Å²) in [6, 6.07) is 2.52. The lowest BCUT2D eigenvalue weighted by atomic mass is 10.2. The van der Waals surface area contributed by atoms with Crippen molar-refractivity contribution in [2.75, 3.05) is 13.2 Å². The maximum atomic E-state index is 10.8. The standard InChI is InChI=1S/C12H18N4O5/c1-12(2,3)21-7-6-20-9-5-4-8(16(18)19)10(14-9)11(13)15-17/h4-5,17H,6-7H2,1-3H3,(H2,13,15). The second kappa shape index (κ2) is 6.84. The number of pyridine rings is 1. The van der Waals surface area contributed by atoms with Crippen molar-refractivity contribution in [3.8, 4) is 5.88 Å². The second-order valence-electron chi connectivity index (χ2n) is 5.07. The van der Waals surface area contributed by atoms with Crippen LogP contribution >= 0.6 is 0 Å². The van der Waals surface area contributed by atoms with Crippen LogP contribution in [0.4, 0.5) is 5.69 Å². The number of oxime groups is 1. The van der Waals surface area contributed by atoms with Gasteiger partial charge in [0, 0.05) is 12.1 Å². The Morgan fingerprint density at radius 1 is 1.48 bits per heavy atom. The molecule has 0 bridgehead atoms. The first kappa shape index (κ1) is 16.6. The number of ether oxygens (including phenoxy) is 2. The molecule has 0 aliphatic rings. The molecule has 9 nitrogen and oxygen atoms in total. The summed E-state index contributed by atoms with van der Waals surface area (Å²) in [4.78, 5) is 14.0. The minimum atomic E-state index is -0.674. The van der Waals surface area contributed by atoms with E-state index in [2.05, 4.69) is 10.1 Å². The highest BCUT2D eigenvalue weighted by atomic mass is 16.6. The Hall–Kier alpha value is -2.42. The molecule has 21 heavy (non-hydrogen) atoms. The SMILES string of the molecule is CC(C)(C)OCCOc1ccc([N+](=O)[O-])c(/C(N)=N/O)n1. The van der Waals surface area contributed by atoms with Gasteiger partial charge in [-0.05, 0) is 20.8 Å². The molecule has 0 spiro atoms. The quantitative estimate of drug-likeness (QED) is 0.202. The molecule has 0 unspecified atom stereocenters. The maximum Gasteiger partial charge on any atom is 0.299 e. The Kier molecular flexibility index (Phi) is 5.42. The average molecular weight is 298 g/mol. The molecule has 3 N–H and O–H groups in total. The van der Waals surface area contributed by atoms with Crippen LogP contribution < -0.4 is 10.5 Å². The van der Waals surface area contributed by atoms with Crippen LogP contribution in [-0.2, 0) is 4.74 Å². The monoisotopic (exact) mass is 298 g/mol. The Morgan fingerprint density at radius 3 is 2.67 bits per heavy atom. The molecule has 0 amide bonds. The van der Waals surface area contributed by atoms with Crippen molar-refractivity contribution in [3.63, 3.8) is 0 Å². The van der Waals surface area contributed by atoms with Crippen molar-refractivity contribution < 1.29 is 19.6 Å². The molecule has 0 atom stereocenters. The number of amidine groups is 1. The lowest BCUT2D eigenvalue weighted by Gasteiger charge is -2.19. The second-order valence-corrected chi connectivity index (χ2v) is 5.07. The van der Waals surface area contributed by atoms with E-state index in [4.69, 9.17) is 20.4 Å². The number of rotatable bonds is 6. The summed E-state index contributed by atoms with van der Waals surface area (Å²) in [5, 5.41) is 22.2. The summed E-state index contributed by atoms with van der Waals surface area (Å²) < 4.78 is 10.8. The van der Waals surface area contributed by atoms with Crippen molar-refractivity contribution in [1.82, 2.24) is 4.98 Å². The van der Waals surface area contributed by atoms with Gasteiger partial charge in [0.15, 0.2) is 11.5 Å². The van der Waals surface area contributed by atoms with Gasteiger partial charge in [0.1, 0.15) is 6.61 Å². The third-order valence-corrected chi connectivity index (χ3v) is 2.26. The minimum absolute atomic E-state index is 0.125. The van der Waals surface area contributed by atoms with Crippen molar-refractivity contribution in [3.05, 3.63) is 27.9 Å². The van der Waals surface area contributed by atoms with Gasteiger partial charge in [-0.2, -0.15) is 0 Å². The van der Waals surface area contributed by atoms with Crippen LogP contribution in [-0.4, -0.2) is 39.8 Å². The predicted octanol–water partition coefficient (Wildman–Crippen LogP) is 1.28. The zero-order valence-electron chi connectivity index (χ0n) is 12.1. The molecule has 0 aliphatic heterocycles. The fourth-order valence-corrected chi connectivity index (χ4v) is 1.39. The zero-order chi connectivity index (χ0) is 16.0. The van der Waals surface area contributed by atoms with Crippen LogP contribution in [0, 0.1) is 10.1 Å². The van der Waals surface area contributed by atoms with Crippen LogP contribution in [0.3, 0.4) is 0 Å². The normalized spacial score (nSPS) is 12.2. The van der Waals surface area contributed by atoms with Gasteiger partial charge in [0.05, 0.1) is 17.1 Å². The van der Waals surface area contributed by atoms with Gasteiger partial charge in [-0.1, -0.05) is 5.16 Å². The highest BCUT2D eigenvalue weighted by Gasteiger charge is 2.20. The first-order valence-corrected chi connectivity index (χ1v) is 6.14. The number of hydrogen-bond acceptors (Lipinski definition) is 7. The van der Waals surface area contributed by atoms with Crippen LogP contribution in [0.2, 0.25) is 0 Å². The minimum Gasteiger partial charge on any atom is -0.475 e. The van der Waals surface area contributed by atoms with E-state index in [1.54, 1.807) is 0 Å². The van der Waals surface area contributed by atoms with Gasteiger partial charge in [0.2, 0.25) is 5.88 Å². The van der Waals surface area contributed by atoms with Gasteiger partial charge in [-0.15, -0.1) is 0 Å². The molecular formula is C12H18N4O5. The molecular weight excluding hydrogens is 280 g/mol. The van der Waals surface area contributed by atoms with Crippen LogP contribution in [0.5, 0.6) is 5.88 Å². The molecule has 0 aliphatic carbocycles. The third kappa shape index (κ3) is 5.22. The van der Waals surface area contributed by atoms with Crippen molar-refractivity contribution in [1.29, 1.82) is 0 Å². The van der Waals surface area contributed by atoms with Gasteiger partial charge in [0.25, 0.3) is 5.69 Å². The van der Waals surface area contributed by atoms with E-state index in [1.807, 2.05) is 20.8 Å². The molecule has 0 saturated heterocycles. The Balaban J connectivity index is 2.79. The molecule has 0 aromatic carbocycles. The zero-order valence-corrected chi connectivity index (χ0v) is 12.1. The first-order valence-electron chi connectivity index (χ1n) is 6.14. The molecule has 0 radical (unpaired) electrons. The van der Waals surface area contributed by atoms with Crippen LogP contribution in [0.25, 0.3) is 0 Å². The largest absolute Gasteiger partial charge is 0.475 e. The number of nitrogens with zero attached hydrogens (tertiary/aromatic N) is 3. The number of hydrogen-bond donors (Lipinski definition) is 2. The van der Waals surface area contributed by atoms with Crippen molar-refractivity contribution in [2.24, 2.45) is 10.9 Å². The van der Waals surface area contributed by atoms with E-state index in [-0.39, 0.29) is 29.5 Å². The van der Waals surface area contributed by atoms with Gasteiger partial charge < -0.3 is 20.4 Å². The summed E-state index contributed by atoms with van der Waals surface area (Å²) in [6.45, 7) is 6.29. The molecule has 116 valence electrons. The average Bonchev–Trinajstić information content (AvgIpc) is 2.41. The highest BCUT2D eigenvalue weighted by molar-refractivity contribution is 5.98. The maximum absolute atomic E-state index is 10.8.